The number of rotatable bonds is 6. The van der Waals surface area contributed by atoms with E-state index < -0.39 is 0 Å². The van der Waals surface area contributed by atoms with Crippen molar-refractivity contribution >= 4 is 11.4 Å². The standard InChI is InChI=1S/C21H19FN4O/c1-27-21-11-6-10-18(26-21)17(23)13-20(19-9-4-5-12-24-19)25-14-15-7-2-3-8-16(15)22/h2-13H,14,23H2,1H3. The predicted molar refractivity (Wildman–Crippen MR) is 104 cm³/mol. The van der Waals surface area contributed by atoms with Gasteiger partial charge in [0.15, 0.2) is 0 Å². The van der Waals surface area contributed by atoms with Crippen LogP contribution in [0, 0.1) is 5.82 Å². The highest BCUT2D eigenvalue weighted by atomic mass is 19.1. The van der Waals surface area contributed by atoms with Crippen LogP contribution in [0.3, 0.4) is 0 Å². The molecule has 2 aromatic heterocycles. The lowest BCUT2D eigenvalue weighted by Gasteiger charge is -2.07. The molecule has 0 fully saturated rings. The molecule has 6 heteroatoms. The Morgan fingerprint density at radius 2 is 1.85 bits per heavy atom. The fraction of sp³-hybridized carbons (Fsp3) is 0.0952. The summed E-state index contributed by atoms with van der Waals surface area (Å²) in [5, 5.41) is 0. The molecule has 0 spiro atoms. The van der Waals surface area contributed by atoms with Gasteiger partial charge in [0.2, 0.25) is 5.88 Å². The highest BCUT2D eigenvalue weighted by Crippen LogP contribution is 2.14. The Kier molecular flexibility index (Phi) is 5.89. The van der Waals surface area contributed by atoms with E-state index in [4.69, 9.17) is 10.5 Å². The van der Waals surface area contributed by atoms with E-state index in [1.807, 2.05) is 18.2 Å². The van der Waals surface area contributed by atoms with Crippen molar-refractivity contribution in [3.8, 4) is 5.88 Å². The van der Waals surface area contributed by atoms with Crippen molar-refractivity contribution in [2.24, 2.45) is 10.7 Å². The van der Waals surface area contributed by atoms with Crippen molar-refractivity contribution in [2.45, 2.75) is 6.54 Å². The number of methoxy groups -OCH3 is 1. The number of aliphatic imine (C=N–C) groups is 1. The Morgan fingerprint density at radius 3 is 2.59 bits per heavy atom. The van der Waals surface area contributed by atoms with Gasteiger partial charge in [-0.1, -0.05) is 30.3 Å². The number of halogens is 1. The first-order valence-corrected chi connectivity index (χ1v) is 8.35. The molecule has 2 heterocycles. The second-order valence-corrected chi connectivity index (χ2v) is 5.67. The minimum atomic E-state index is -0.298. The Labute approximate surface area is 157 Å². The summed E-state index contributed by atoms with van der Waals surface area (Å²) >= 11 is 0. The van der Waals surface area contributed by atoms with Crippen LogP contribution in [0.15, 0.2) is 77.9 Å². The highest BCUT2D eigenvalue weighted by Gasteiger charge is 2.07. The second kappa shape index (κ2) is 8.71. The highest BCUT2D eigenvalue weighted by molar-refractivity contribution is 6.10. The molecule has 0 radical (unpaired) electrons. The fourth-order valence-corrected chi connectivity index (χ4v) is 2.42. The molecule has 0 saturated carbocycles. The van der Waals surface area contributed by atoms with Crippen molar-refractivity contribution in [2.75, 3.05) is 7.11 Å². The van der Waals surface area contributed by atoms with Crippen LogP contribution < -0.4 is 10.5 Å². The predicted octanol–water partition coefficient (Wildman–Crippen LogP) is 3.61. The third kappa shape index (κ3) is 4.76. The molecule has 2 N–H and O–H groups in total. The van der Waals surface area contributed by atoms with E-state index in [1.54, 1.807) is 55.8 Å². The molecule has 0 saturated heterocycles. The molecule has 0 atom stereocenters. The van der Waals surface area contributed by atoms with Gasteiger partial charge < -0.3 is 10.5 Å². The van der Waals surface area contributed by atoms with Gasteiger partial charge in [-0.25, -0.2) is 9.37 Å². The first-order valence-electron chi connectivity index (χ1n) is 8.35. The lowest BCUT2D eigenvalue weighted by atomic mass is 10.1. The average Bonchev–Trinajstić information content (AvgIpc) is 2.72. The zero-order valence-electron chi connectivity index (χ0n) is 14.8. The van der Waals surface area contributed by atoms with Crippen LogP contribution in [0.5, 0.6) is 5.88 Å². The van der Waals surface area contributed by atoms with Crippen LogP contribution in [0.25, 0.3) is 5.70 Å². The number of aromatic nitrogens is 2. The molecule has 0 amide bonds. The molecule has 3 aromatic rings. The SMILES string of the molecule is COc1cccc(C(N)=CC(=NCc2ccccc2F)c2ccccn2)n1. The Balaban J connectivity index is 1.97. The van der Waals surface area contributed by atoms with Gasteiger partial charge in [0.25, 0.3) is 0 Å². The fourth-order valence-electron chi connectivity index (χ4n) is 2.42. The molecule has 0 bridgehead atoms. The van der Waals surface area contributed by atoms with E-state index >= 15 is 0 Å². The monoisotopic (exact) mass is 362 g/mol. The van der Waals surface area contributed by atoms with Crippen LogP contribution >= 0.6 is 0 Å². The number of allylic oxidation sites excluding steroid dienone is 1. The zero-order valence-corrected chi connectivity index (χ0v) is 14.8. The Morgan fingerprint density at radius 1 is 1.07 bits per heavy atom. The number of nitrogens with zero attached hydrogens (tertiary/aromatic N) is 3. The van der Waals surface area contributed by atoms with E-state index in [-0.39, 0.29) is 12.4 Å². The molecule has 0 unspecified atom stereocenters. The topological polar surface area (TPSA) is 73.4 Å². The van der Waals surface area contributed by atoms with E-state index in [1.165, 1.54) is 6.07 Å². The molecule has 0 aliphatic carbocycles. The number of hydrogen-bond acceptors (Lipinski definition) is 5. The number of ether oxygens (including phenoxy) is 1. The Hall–Kier alpha value is -3.54. The van der Waals surface area contributed by atoms with E-state index in [2.05, 4.69) is 15.0 Å². The second-order valence-electron chi connectivity index (χ2n) is 5.67. The van der Waals surface area contributed by atoms with Crippen molar-refractivity contribution < 1.29 is 9.13 Å². The molecule has 5 nitrogen and oxygen atoms in total. The van der Waals surface area contributed by atoms with Gasteiger partial charge >= 0.3 is 0 Å². The first-order chi connectivity index (χ1) is 13.2. The number of benzene rings is 1. The molecular weight excluding hydrogens is 343 g/mol. The largest absolute Gasteiger partial charge is 0.481 e. The summed E-state index contributed by atoms with van der Waals surface area (Å²) < 4.78 is 19.0. The van der Waals surface area contributed by atoms with Gasteiger partial charge in [-0.05, 0) is 30.3 Å². The maximum Gasteiger partial charge on any atom is 0.213 e. The van der Waals surface area contributed by atoms with E-state index in [0.29, 0.717) is 34.2 Å². The van der Waals surface area contributed by atoms with Crippen molar-refractivity contribution in [3.63, 3.8) is 0 Å². The zero-order chi connectivity index (χ0) is 19.1. The minimum Gasteiger partial charge on any atom is -0.481 e. The van der Waals surface area contributed by atoms with Gasteiger partial charge in [-0.15, -0.1) is 0 Å². The van der Waals surface area contributed by atoms with Crippen molar-refractivity contribution in [1.29, 1.82) is 0 Å². The van der Waals surface area contributed by atoms with Gasteiger partial charge in [-0.2, -0.15) is 0 Å². The van der Waals surface area contributed by atoms with Crippen LogP contribution in [-0.2, 0) is 6.54 Å². The maximum absolute atomic E-state index is 13.9. The summed E-state index contributed by atoms with van der Waals surface area (Å²) in [6.45, 7) is 0.175. The lowest BCUT2D eigenvalue weighted by molar-refractivity contribution is 0.397. The van der Waals surface area contributed by atoms with Crippen LogP contribution in [-0.4, -0.2) is 22.8 Å². The smallest absolute Gasteiger partial charge is 0.213 e. The lowest BCUT2D eigenvalue weighted by Crippen LogP contribution is -2.07. The quantitative estimate of drug-likeness (QED) is 0.680. The normalized spacial score (nSPS) is 12.1. The molecule has 0 aliphatic heterocycles. The van der Waals surface area contributed by atoms with E-state index in [9.17, 15) is 4.39 Å². The third-order valence-corrected chi connectivity index (χ3v) is 3.83. The molecular formula is C21H19FN4O. The van der Waals surface area contributed by atoms with Crippen molar-refractivity contribution in [3.05, 3.63) is 95.7 Å². The molecule has 1 aromatic carbocycles. The van der Waals surface area contributed by atoms with Gasteiger partial charge in [0.05, 0.1) is 36.5 Å². The van der Waals surface area contributed by atoms with Gasteiger partial charge in [0, 0.05) is 17.8 Å². The summed E-state index contributed by atoms with van der Waals surface area (Å²) in [6.07, 6.45) is 3.35. The number of hydrogen-bond donors (Lipinski definition) is 1. The number of nitrogens with two attached hydrogens (primary N) is 1. The Bertz CT molecular complexity index is 971. The van der Waals surface area contributed by atoms with Crippen molar-refractivity contribution in [1.82, 2.24) is 9.97 Å². The minimum absolute atomic E-state index is 0.175. The number of pyridine rings is 2. The summed E-state index contributed by atoms with van der Waals surface area (Å²) in [6, 6.07) is 17.4. The molecule has 136 valence electrons. The van der Waals surface area contributed by atoms with Crippen LogP contribution in [0.2, 0.25) is 0 Å². The summed E-state index contributed by atoms with van der Waals surface area (Å²) in [5.74, 6) is 0.166. The maximum atomic E-state index is 13.9. The summed E-state index contributed by atoms with van der Waals surface area (Å²) in [7, 11) is 1.54. The third-order valence-electron chi connectivity index (χ3n) is 3.83. The van der Waals surface area contributed by atoms with Crippen LogP contribution in [0.4, 0.5) is 4.39 Å². The molecule has 0 aliphatic rings. The molecule has 27 heavy (non-hydrogen) atoms. The van der Waals surface area contributed by atoms with Crippen LogP contribution in [0.1, 0.15) is 17.0 Å². The first kappa shape index (κ1) is 18.3. The average molecular weight is 362 g/mol. The summed E-state index contributed by atoms with van der Waals surface area (Å²) in [5.41, 5.74) is 8.86. The van der Waals surface area contributed by atoms with Gasteiger partial charge in [0.1, 0.15) is 5.82 Å². The van der Waals surface area contributed by atoms with Gasteiger partial charge in [-0.3, -0.25) is 9.98 Å². The van der Waals surface area contributed by atoms with E-state index in [0.717, 1.165) is 0 Å². The summed E-state index contributed by atoms with van der Waals surface area (Å²) in [4.78, 5) is 13.2. The molecule has 3 rings (SSSR count).